The van der Waals surface area contributed by atoms with E-state index in [1.54, 1.807) is 30.3 Å². The number of nitrogens with one attached hydrogen (secondary N) is 1. The molecular weight excluding hydrogens is 318 g/mol. The quantitative estimate of drug-likeness (QED) is 0.721. The van der Waals surface area contributed by atoms with E-state index in [2.05, 4.69) is 9.98 Å². The Labute approximate surface area is 143 Å². The van der Waals surface area contributed by atoms with Crippen LogP contribution in [0.1, 0.15) is 16.7 Å². The molecule has 3 aromatic rings. The lowest BCUT2D eigenvalue weighted by Crippen LogP contribution is -2.31. The molecule has 0 aliphatic rings. The molecule has 0 atom stereocenters. The third-order valence-electron chi connectivity index (χ3n) is 3.76. The Morgan fingerprint density at radius 3 is 2.44 bits per heavy atom. The van der Waals surface area contributed by atoms with Gasteiger partial charge in [-0.05, 0) is 43.7 Å². The van der Waals surface area contributed by atoms with Gasteiger partial charge >= 0.3 is 5.69 Å². The van der Waals surface area contributed by atoms with Crippen LogP contribution in [-0.2, 0) is 0 Å². The van der Waals surface area contributed by atoms with Crippen molar-refractivity contribution in [3.8, 4) is 11.6 Å². The summed E-state index contributed by atoms with van der Waals surface area (Å²) < 4.78 is 1.05. The van der Waals surface area contributed by atoms with Crippen molar-refractivity contribution < 1.29 is 5.11 Å². The first-order chi connectivity index (χ1) is 12.0. The minimum atomic E-state index is -0.708. The number of aromatic nitrogens is 2. The minimum Gasteiger partial charge on any atom is -0.493 e. The monoisotopic (exact) mass is 335 g/mol. The van der Waals surface area contributed by atoms with Crippen molar-refractivity contribution in [3.05, 3.63) is 86.1 Å². The first-order valence-corrected chi connectivity index (χ1v) is 7.72. The van der Waals surface area contributed by atoms with Crippen LogP contribution in [0.5, 0.6) is 5.88 Å². The van der Waals surface area contributed by atoms with Crippen LogP contribution in [0.3, 0.4) is 0 Å². The van der Waals surface area contributed by atoms with Crippen molar-refractivity contribution >= 4 is 11.9 Å². The first kappa shape index (κ1) is 16.4. The lowest BCUT2D eigenvalue weighted by Gasteiger charge is -2.10. The Morgan fingerprint density at radius 1 is 1.04 bits per heavy atom. The number of hydrogen-bond donors (Lipinski definition) is 2. The van der Waals surface area contributed by atoms with Gasteiger partial charge in [0.05, 0.1) is 11.4 Å². The molecule has 0 aliphatic carbocycles. The highest BCUT2D eigenvalue weighted by atomic mass is 16.3. The summed E-state index contributed by atoms with van der Waals surface area (Å²) in [6.07, 6.45) is 1.25. The highest BCUT2D eigenvalue weighted by Gasteiger charge is 2.14. The zero-order chi connectivity index (χ0) is 18.0. The van der Waals surface area contributed by atoms with Gasteiger partial charge in [0.15, 0.2) is 0 Å². The summed E-state index contributed by atoms with van der Waals surface area (Å²) in [4.78, 5) is 30.6. The molecule has 2 N–H and O–H groups in total. The van der Waals surface area contributed by atoms with Crippen LogP contribution in [0.15, 0.2) is 63.1 Å². The van der Waals surface area contributed by atoms with E-state index in [0.717, 1.165) is 15.7 Å². The van der Waals surface area contributed by atoms with E-state index in [9.17, 15) is 14.7 Å². The molecule has 0 unspecified atom stereocenters. The molecule has 3 rings (SSSR count). The molecule has 1 aromatic heterocycles. The van der Waals surface area contributed by atoms with E-state index in [1.165, 1.54) is 6.21 Å². The standard InChI is InChI=1S/C19H17N3O3/c1-12-6-8-14(9-7-12)20-11-16-17(23)21-19(25)22(18(16)24)15-5-3-4-13(2)10-15/h3-11,24H,1-2H3,(H,21,23,25). The Balaban J connectivity index is 2.12. The van der Waals surface area contributed by atoms with Gasteiger partial charge in [-0.3, -0.25) is 14.8 Å². The maximum atomic E-state index is 12.1. The van der Waals surface area contributed by atoms with Gasteiger partial charge in [-0.1, -0.05) is 29.8 Å². The molecule has 0 aliphatic heterocycles. The fourth-order valence-corrected chi connectivity index (χ4v) is 2.43. The average molecular weight is 335 g/mol. The molecule has 0 saturated carbocycles. The van der Waals surface area contributed by atoms with Gasteiger partial charge < -0.3 is 5.11 Å². The SMILES string of the molecule is Cc1ccc(N=Cc2c(O)n(-c3cccc(C)c3)c(=O)[nH]c2=O)cc1. The summed E-state index contributed by atoms with van der Waals surface area (Å²) in [7, 11) is 0. The van der Waals surface area contributed by atoms with Crippen molar-refractivity contribution in [1.82, 2.24) is 9.55 Å². The molecule has 0 spiro atoms. The van der Waals surface area contributed by atoms with E-state index >= 15 is 0 Å². The molecule has 0 amide bonds. The molecule has 0 fully saturated rings. The average Bonchev–Trinajstić information content (AvgIpc) is 2.56. The molecule has 2 aromatic carbocycles. The Kier molecular flexibility index (Phi) is 4.35. The number of aliphatic imine (C=N–C) groups is 1. The largest absolute Gasteiger partial charge is 0.493 e. The highest BCUT2D eigenvalue weighted by molar-refractivity contribution is 5.84. The number of nitrogens with zero attached hydrogens (tertiary/aromatic N) is 2. The van der Waals surface area contributed by atoms with Gasteiger partial charge in [0.1, 0.15) is 5.56 Å². The predicted molar refractivity (Wildman–Crippen MR) is 97.5 cm³/mol. The second-order valence-electron chi connectivity index (χ2n) is 5.76. The number of hydrogen-bond acceptors (Lipinski definition) is 4. The molecular formula is C19H17N3O3. The van der Waals surface area contributed by atoms with Crippen LogP contribution in [0.4, 0.5) is 5.69 Å². The van der Waals surface area contributed by atoms with Gasteiger partial charge in [-0.15, -0.1) is 0 Å². The number of aromatic amines is 1. The summed E-state index contributed by atoms with van der Waals surface area (Å²) in [6.45, 7) is 3.83. The maximum Gasteiger partial charge on any atom is 0.335 e. The number of aryl methyl sites for hydroxylation is 2. The fraction of sp³-hybridized carbons (Fsp3) is 0.105. The van der Waals surface area contributed by atoms with E-state index < -0.39 is 17.1 Å². The van der Waals surface area contributed by atoms with Crippen LogP contribution >= 0.6 is 0 Å². The number of H-pyrrole nitrogens is 1. The van der Waals surface area contributed by atoms with Crippen LogP contribution < -0.4 is 11.2 Å². The first-order valence-electron chi connectivity index (χ1n) is 7.72. The molecule has 126 valence electrons. The summed E-state index contributed by atoms with van der Waals surface area (Å²) >= 11 is 0. The molecule has 6 nitrogen and oxygen atoms in total. The number of rotatable bonds is 3. The van der Waals surface area contributed by atoms with Crippen molar-refractivity contribution in [2.24, 2.45) is 4.99 Å². The van der Waals surface area contributed by atoms with Crippen molar-refractivity contribution in [3.63, 3.8) is 0 Å². The zero-order valence-electron chi connectivity index (χ0n) is 13.9. The number of aromatic hydroxyl groups is 1. The lowest BCUT2D eigenvalue weighted by atomic mass is 10.2. The van der Waals surface area contributed by atoms with Crippen molar-refractivity contribution in [2.45, 2.75) is 13.8 Å². The van der Waals surface area contributed by atoms with Crippen LogP contribution in [0, 0.1) is 13.8 Å². The van der Waals surface area contributed by atoms with Gasteiger partial charge in [0.2, 0.25) is 5.88 Å². The summed E-state index contributed by atoms with van der Waals surface area (Å²) in [5.41, 5.74) is 1.63. The van der Waals surface area contributed by atoms with Crippen LogP contribution in [0.2, 0.25) is 0 Å². The van der Waals surface area contributed by atoms with Gasteiger partial charge in [-0.2, -0.15) is 0 Å². The third kappa shape index (κ3) is 3.42. The summed E-state index contributed by atoms with van der Waals surface area (Å²) in [5, 5.41) is 10.5. The van der Waals surface area contributed by atoms with Gasteiger partial charge in [0, 0.05) is 6.21 Å². The van der Waals surface area contributed by atoms with Gasteiger partial charge in [-0.25, -0.2) is 9.36 Å². The van der Waals surface area contributed by atoms with E-state index in [1.807, 2.05) is 32.0 Å². The second-order valence-corrected chi connectivity index (χ2v) is 5.76. The molecule has 1 heterocycles. The topological polar surface area (TPSA) is 87.4 Å². The Morgan fingerprint density at radius 2 is 1.76 bits per heavy atom. The molecule has 6 heteroatoms. The van der Waals surface area contributed by atoms with E-state index in [0.29, 0.717) is 11.4 Å². The molecule has 0 saturated heterocycles. The fourth-order valence-electron chi connectivity index (χ4n) is 2.43. The highest BCUT2D eigenvalue weighted by Crippen LogP contribution is 2.18. The second kappa shape index (κ2) is 6.60. The normalized spacial score (nSPS) is 11.1. The van der Waals surface area contributed by atoms with Gasteiger partial charge in [0.25, 0.3) is 5.56 Å². The number of benzene rings is 2. The molecule has 25 heavy (non-hydrogen) atoms. The lowest BCUT2D eigenvalue weighted by molar-refractivity contribution is 0.430. The Bertz CT molecular complexity index is 1060. The smallest absolute Gasteiger partial charge is 0.335 e. The van der Waals surface area contributed by atoms with Crippen molar-refractivity contribution in [1.29, 1.82) is 0 Å². The molecule has 0 radical (unpaired) electrons. The maximum absolute atomic E-state index is 12.1. The van der Waals surface area contributed by atoms with Crippen LogP contribution in [-0.4, -0.2) is 20.9 Å². The van der Waals surface area contributed by atoms with E-state index in [-0.39, 0.29) is 5.56 Å². The molecule has 0 bridgehead atoms. The third-order valence-corrected chi connectivity index (χ3v) is 3.76. The minimum absolute atomic E-state index is 0.0818. The summed E-state index contributed by atoms with van der Waals surface area (Å²) in [5.74, 6) is -0.449. The van der Waals surface area contributed by atoms with Crippen LogP contribution in [0.25, 0.3) is 5.69 Å². The Hall–Kier alpha value is -3.41. The zero-order valence-corrected chi connectivity index (χ0v) is 13.9. The van der Waals surface area contributed by atoms with E-state index in [4.69, 9.17) is 0 Å². The summed E-state index contributed by atoms with van der Waals surface area (Å²) in [6, 6.07) is 14.4. The predicted octanol–water partition coefficient (Wildman–Crippen LogP) is 2.60. The van der Waals surface area contributed by atoms with Crippen molar-refractivity contribution in [2.75, 3.05) is 0 Å².